The van der Waals surface area contributed by atoms with Crippen molar-refractivity contribution >= 4 is 5.69 Å². The van der Waals surface area contributed by atoms with Crippen molar-refractivity contribution < 1.29 is 0 Å². The molecule has 0 fully saturated rings. The maximum Gasteiger partial charge on any atom is 0.0430 e. The summed E-state index contributed by atoms with van der Waals surface area (Å²) >= 11 is 0. The van der Waals surface area contributed by atoms with Crippen LogP contribution in [0.25, 0.3) is 0 Å². The molecule has 1 aliphatic rings. The van der Waals surface area contributed by atoms with Crippen LogP contribution < -0.4 is 4.90 Å². The van der Waals surface area contributed by atoms with Crippen molar-refractivity contribution in [2.24, 2.45) is 0 Å². The Labute approximate surface area is 150 Å². The molecular formula is C23H24N2. The van der Waals surface area contributed by atoms with Crippen LogP contribution in [0.1, 0.15) is 16.7 Å². The minimum Gasteiger partial charge on any atom is -0.366 e. The van der Waals surface area contributed by atoms with Crippen LogP contribution in [0, 0.1) is 0 Å². The quantitative estimate of drug-likeness (QED) is 0.684. The molecular weight excluding hydrogens is 304 g/mol. The Morgan fingerprint density at radius 3 is 1.92 bits per heavy atom. The zero-order chi connectivity index (χ0) is 16.9. The average molecular weight is 328 g/mol. The first-order valence-electron chi connectivity index (χ1n) is 9.01. The van der Waals surface area contributed by atoms with E-state index in [0.717, 1.165) is 32.7 Å². The van der Waals surface area contributed by atoms with Crippen molar-refractivity contribution in [2.45, 2.75) is 19.6 Å². The molecule has 25 heavy (non-hydrogen) atoms. The molecule has 1 aliphatic heterocycles. The maximum absolute atomic E-state index is 2.55. The van der Waals surface area contributed by atoms with Gasteiger partial charge < -0.3 is 4.90 Å². The van der Waals surface area contributed by atoms with Gasteiger partial charge in [0, 0.05) is 38.4 Å². The van der Waals surface area contributed by atoms with E-state index in [4.69, 9.17) is 0 Å². The van der Waals surface area contributed by atoms with E-state index in [1.807, 2.05) is 0 Å². The lowest BCUT2D eigenvalue weighted by Crippen LogP contribution is -2.31. The molecule has 0 atom stereocenters. The monoisotopic (exact) mass is 328 g/mol. The molecule has 0 N–H and O–H groups in total. The van der Waals surface area contributed by atoms with E-state index in [2.05, 4.69) is 94.7 Å². The summed E-state index contributed by atoms with van der Waals surface area (Å²) in [5.74, 6) is 0. The van der Waals surface area contributed by atoms with Crippen LogP contribution in [-0.4, -0.2) is 18.0 Å². The Balaban J connectivity index is 1.56. The van der Waals surface area contributed by atoms with Gasteiger partial charge in [-0.25, -0.2) is 0 Å². The third-order valence-electron chi connectivity index (χ3n) is 4.88. The molecule has 0 unspecified atom stereocenters. The van der Waals surface area contributed by atoms with Gasteiger partial charge in [0.2, 0.25) is 0 Å². The average Bonchev–Trinajstić information content (AvgIpc) is 2.83. The Morgan fingerprint density at radius 1 is 0.600 bits per heavy atom. The minimum atomic E-state index is 0.969. The van der Waals surface area contributed by atoms with Crippen LogP contribution in [0.5, 0.6) is 0 Å². The SMILES string of the molecule is c1ccc(CN2CCN(Cc3ccccc3)c3ccccc3C2)cc1. The van der Waals surface area contributed by atoms with Crippen LogP contribution >= 0.6 is 0 Å². The molecule has 0 aromatic heterocycles. The molecule has 3 aromatic rings. The molecule has 0 radical (unpaired) electrons. The normalized spacial score (nSPS) is 14.8. The van der Waals surface area contributed by atoms with Gasteiger partial charge in [-0.1, -0.05) is 78.9 Å². The fraction of sp³-hybridized carbons (Fsp3) is 0.217. The van der Waals surface area contributed by atoms with Crippen molar-refractivity contribution in [2.75, 3.05) is 18.0 Å². The number of fused-ring (bicyclic) bond motifs is 1. The Hall–Kier alpha value is -2.58. The van der Waals surface area contributed by atoms with E-state index in [1.165, 1.54) is 22.4 Å². The number of nitrogens with zero attached hydrogens (tertiary/aromatic N) is 2. The predicted octanol–water partition coefficient (Wildman–Crippen LogP) is 4.71. The van der Waals surface area contributed by atoms with E-state index in [-0.39, 0.29) is 0 Å². The van der Waals surface area contributed by atoms with Crippen molar-refractivity contribution in [3.05, 3.63) is 102 Å². The highest BCUT2D eigenvalue weighted by Gasteiger charge is 2.19. The second-order valence-electron chi connectivity index (χ2n) is 6.73. The minimum absolute atomic E-state index is 0.969. The largest absolute Gasteiger partial charge is 0.366 e. The van der Waals surface area contributed by atoms with Gasteiger partial charge in [0.25, 0.3) is 0 Å². The summed E-state index contributed by atoms with van der Waals surface area (Å²) in [6.07, 6.45) is 0. The zero-order valence-electron chi connectivity index (χ0n) is 14.5. The maximum atomic E-state index is 2.55. The Morgan fingerprint density at radius 2 is 1.20 bits per heavy atom. The van der Waals surface area contributed by atoms with Crippen LogP contribution in [0.3, 0.4) is 0 Å². The molecule has 1 heterocycles. The summed E-state index contributed by atoms with van der Waals surface area (Å²) in [6.45, 7) is 5.12. The number of hydrogen-bond donors (Lipinski definition) is 0. The topological polar surface area (TPSA) is 6.48 Å². The number of hydrogen-bond acceptors (Lipinski definition) is 2. The second kappa shape index (κ2) is 7.54. The predicted molar refractivity (Wildman–Crippen MR) is 104 cm³/mol. The highest BCUT2D eigenvalue weighted by atomic mass is 15.2. The molecule has 0 saturated carbocycles. The Kier molecular flexibility index (Phi) is 4.80. The smallest absolute Gasteiger partial charge is 0.0430 e. The molecule has 126 valence electrons. The van der Waals surface area contributed by atoms with Crippen molar-refractivity contribution in [1.29, 1.82) is 0 Å². The second-order valence-corrected chi connectivity index (χ2v) is 6.73. The van der Waals surface area contributed by atoms with E-state index < -0.39 is 0 Å². The summed E-state index contributed by atoms with van der Waals surface area (Å²) < 4.78 is 0. The first-order chi connectivity index (χ1) is 12.4. The van der Waals surface area contributed by atoms with Crippen LogP contribution in [-0.2, 0) is 19.6 Å². The van der Waals surface area contributed by atoms with Gasteiger partial charge in [-0.2, -0.15) is 0 Å². The molecule has 0 amide bonds. The summed E-state index contributed by atoms with van der Waals surface area (Å²) in [6, 6.07) is 30.4. The summed E-state index contributed by atoms with van der Waals surface area (Å²) in [4.78, 5) is 5.08. The third kappa shape index (κ3) is 3.92. The number of para-hydroxylation sites is 1. The van der Waals surface area contributed by atoms with Crippen molar-refractivity contribution in [3.8, 4) is 0 Å². The lowest BCUT2D eigenvalue weighted by atomic mass is 10.1. The van der Waals surface area contributed by atoms with Gasteiger partial charge in [-0.3, -0.25) is 4.90 Å². The zero-order valence-corrected chi connectivity index (χ0v) is 14.5. The summed E-state index contributed by atoms with van der Waals surface area (Å²) in [5.41, 5.74) is 5.55. The van der Waals surface area contributed by atoms with Crippen molar-refractivity contribution in [1.82, 2.24) is 4.90 Å². The standard InChI is InChI=1S/C23H24N2/c1-3-9-20(10-4-1)17-24-15-16-25(18-21-11-5-2-6-12-21)23-14-8-7-13-22(23)19-24/h1-14H,15-19H2. The van der Waals surface area contributed by atoms with E-state index in [0.29, 0.717) is 0 Å². The molecule has 0 saturated heterocycles. The van der Waals surface area contributed by atoms with Gasteiger partial charge in [-0.05, 0) is 22.8 Å². The fourth-order valence-corrected chi connectivity index (χ4v) is 3.60. The summed E-state index contributed by atoms with van der Waals surface area (Å²) in [5, 5.41) is 0. The molecule has 2 heteroatoms. The first-order valence-corrected chi connectivity index (χ1v) is 9.01. The van der Waals surface area contributed by atoms with Gasteiger partial charge >= 0.3 is 0 Å². The lowest BCUT2D eigenvalue weighted by molar-refractivity contribution is 0.268. The van der Waals surface area contributed by atoms with Gasteiger partial charge in [0.15, 0.2) is 0 Å². The Bertz CT molecular complexity index is 799. The van der Waals surface area contributed by atoms with Crippen LogP contribution in [0.2, 0.25) is 0 Å². The van der Waals surface area contributed by atoms with Crippen molar-refractivity contribution in [3.63, 3.8) is 0 Å². The molecule has 2 nitrogen and oxygen atoms in total. The van der Waals surface area contributed by atoms with Gasteiger partial charge in [0.1, 0.15) is 0 Å². The third-order valence-corrected chi connectivity index (χ3v) is 4.88. The van der Waals surface area contributed by atoms with Gasteiger partial charge in [-0.15, -0.1) is 0 Å². The highest BCUT2D eigenvalue weighted by molar-refractivity contribution is 5.54. The molecule has 0 spiro atoms. The fourth-order valence-electron chi connectivity index (χ4n) is 3.60. The number of benzene rings is 3. The van der Waals surface area contributed by atoms with Crippen LogP contribution in [0.15, 0.2) is 84.9 Å². The van der Waals surface area contributed by atoms with E-state index >= 15 is 0 Å². The number of rotatable bonds is 4. The lowest BCUT2D eigenvalue weighted by Gasteiger charge is -2.25. The molecule has 0 bridgehead atoms. The molecule has 3 aromatic carbocycles. The molecule has 4 rings (SSSR count). The van der Waals surface area contributed by atoms with E-state index in [1.54, 1.807) is 0 Å². The summed E-state index contributed by atoms with van der Waals surface area (Å²) in [7, 11) is 0. The highest BCUT2D eigenvalue weighted by Crippen LogP contribution is 2.27. The van der Waals surface area contributed by atoms with E-state index in [9.17, 15) is 0 Å². The first kappa shape index (κ1) is 15.9. The van der Waals surface area contributed by atoms with Gasteiger partial charge in [0.05, 0.1) is 0 Å². The number of anilines is 1. The van der Waals surface area contributed by atoms with Crippen LogP contribution in [0.4, 0.5) is 5.69 Å². The molecule has 0 aliphatic carbocycles.